The molecule has 0 radical (unpaired) electrons. The molecule has 2 saturated heterocycles. The summed E-state index contributed by atoms with van der Waals surface area (Å²) in [7, 11) is 0. The molecule has 5 heteroatoms. The van der Waals surface area contributed by atoms with Gasteiger partial charge in [-0.1, -0.05) is 45.6 Å². The molecule has 0 aromatic rings. The molecule has 5 nitrogen and oxygen atoms in total. The molecule has 1 N–H and O–H groups in total. The number of rotatable bonds is 5. The van der Waals surface area contributed by atoms with Crippen LogP contribution in [-0.4, -0.2) is 42.6 Å². The highest BCUT2D eigenvalue weighted by Gasteiger charge is 2.52. The summed E-state index contributed by atoms with van der Waals surface area (Å²) >= 11 is 0. The van der Waals surface area contributed by atoms with E-state index in [1.807, 2.05) is 6.92 Å². The summed E-state index contributed by atoms with van der Waals surface area (Å²) < 4.78 is 17.4. The van der Waals surface area contributed by atoms with Gasteiger partial charge in [-0.25, -0.2) is 4.79 Å². The van der Waals surface area contributed by atoms with Gasteiger partial charge in [0, 0.05) is 5.92 Å². The number of hydrogen-bond donors (Lipinski definition) is 1. The number of ether oxygens (including phenoxy) is 3. The van der Waals surface area contributed by atoms with E-state index < -0.39 is 12.1 Å². The van der Waals surface area contributed by atoms with Gasteiger partial charge in [0.2, 0.25) is 0 Å². The molecule has 2 heterocycles. The van der Waals surface area contributed by atoms with Gasteiger partial charge in [-0.3, -0.25) is 0 Å². The predicted octanol–water partition coefficient (Wildman–Crippen LogP) is 3.49. The van der Waals surface area contributed by atoms with Crippen molar-refractivity contribution in [3.63, 3.8) is 0 Å². The number of carbonyl (C=O) groups excluding carboxylic acids is 1. The highest BCUT2D eigenvalue weighted by molar-refractivity contribution is 5.92. The molecule has 25 heavy (non-hydrogen) atoms. The lowest BCUT2D eigenvalue weighted by atomic mass is 9.78. The zero-order valence-corrected chi connectivity index (χ0v) is 15.4. The van der Waals surface area contributed by atoms with Crippen LogP contribution >= 0.6 is 0 Å². The van der Waals surface area contributed by atoms with Gasteiger partial charge in [0.15, 0.2) is 6.10 Å². The lowest BCUT2D eigenvalue weighted by Crippen LogP contribution is -2.36. The van der Waals surface area contributed by atoms with Gasteiger partial charge in [0.25, 0.3) is 0 Å². The summed E-state index contributed by atoms with van der Waals surface area (Å²) in [6.45, 7) is 12.6. The van der Waals surface area contributed by atoms with Crippen LogP contribution < -0.4 is 0 Å². The molecule has 2 rings (SSSR count). The number of fused-ring (bicyclic) bond motifs is 1. The maximum absolute atomic E-state index is 12.5. The van der Waals surface area contributed by atoms with Gasteiger partial charge in [-0.05, 0) is 24.5 Å². The highest BCUT2D eigenvalue weighted by Crippen LogP contribution is 2.41. The quantitative estimate of drug-likeness (QED) is 0.357. The zero-order valence-electron chi connectivity index (χ0n) is 15.4. The molecular formula is C20H28O5. The number of esters is 1. The number of carbonyl (C=O) groups is 1. The first-order chi connectivity index (χ1) is 11.7. The number of aliphatic hydroxyl groups excluding tert-OH is 1. The van der Waals surface area contributed by atoms with E-state index in [0.29, 0.717) is 18.8 Å². The van der Waals surface area contributed by atoms with E-state index in [1.54, 1.807) is 24.3 Å². The third kappa shape index (κ3) is 4.83. The molecule has 0 bridgehead atoms. The van der Waals surface area contributed by atoms with Crippen LogP contribution in [0.1, 0.15) is 27.7 Å². The van der Waals surface area contributed by atoms with Crippen LogP contribution in [-0.2, 0) is 19.0 Å². The third-order valence-corrected chi connectivity index (χ3v) is 4.53. The Labute approximate surface area is 149 Å². The molecule has 0 aliphatic carbocycles. The number of allylic oxidation sites excluding steroid dienone is 4. The first kappa shape index (κ1) is 19.5. The summed E-state index contributed by atoms with van der Waals surface area (Å²) in [6.07, 6.45) is 7.28. The molecule has 2 aliphatic heterocycles. The summed E-state index contributed by atoms with van der Waals surface area (Å²) in [5.74, 6) is -0.238. The Morgan fingerprint density at radius 2 is 1.88 bits per heavy atom. The Hall–Kier alpha value is -1.85. The molecule has 4 atom stereocenters. The van der Waals surface area contributed by atoms with E-state index in [9.17, 15) is 4.79 Å². The van der Waals surface area contributed by atoms with Crippen molar-refractivity contribution in [1.82, 2.24) is 0 Å². The van der Waals surface area contributed by atoms with Gasteiger partial charge >= 0.3 is 5.97 Å². The van der Waals surface area contributed by atoms with Crippen molar-refractivity contribution in [2.24, 2.45) is 11.3 Å². The fourth-order valence-corrected chi connectivity index (χ4v) is 3.15. The fourth-order valence-electron chi connectivity index (χ4n) is 3.15. The second kappa shape index (κ2) is 8.02. The van der Waals surface area contributed by atoms with Crippen molar-refractivity contribution in [2.45, 2.75) is 46.0 Å². The average Bonchev–Trinajstić information content (AvgIpc) is 3.08. The molecule has 138 valence electrons. The Morgan fingerprint density at radius 3 is 2.48 bits per heavy atom. The van der Waals surface area contributed by atoms with Crippen LogP contribution in [0.5, 0.6) is 0 Å². The summed E-state index contributed by atoms with van der Waals surface area (Å²) in [5.41, 5.74) is 0.458. The minimum Gasteiger partial charge on any atom is -0.509 e. The summed E-state index contributed by atoms with van der Waals surface area (Å²) in [4.78, 5) is 12.5. The third-order valence-electron chi connectivity index (χ3n) is 4.53. The van der Waals surface area contributed by atoms with Gasteiger partial charge in [-0.2, -0.15) is 0 Å². The molecule has 0 saturated carbocycles. The molecule has 4 unspecified atom stereocenters. The van der Waals surface area contributed by atoms with E-state index in [0.717, 1.165) is 0 Å². The molecular weight excluding hydrogens is 320 g/mol. The van der Waals surface area contributed by atoms with Crippen LogP contribution in [0, 0.1) is 11.3 Å². The van der Waals surface area contributed by atoms with Gasteiger partial charge in [-0.15, -0.1) is 0 Å². The van der Waals surface area contributed by atoms with E-state index in [2.05, 4.69) is 27.4 Å². The van der Waals surface area contributed by atoms with E-state index in [1.165, 1.54) is 6.08 Å². The maximum atomic E-state index is 12.5. The van der Waals surface area contributed by atoms with E-state index in [-0.39, 0.29) is 29.3 Å². The molecule has 2 fully saturated rings. The lowest BCUT2D eigenvalue weighted by molar-refractivity contribution is -0.148. The zero-order chi connectivity index (χ0) is 18.6. The SMILES string of the molecule is C=C(O)/C=C/C=C(\C=C/C)C(=O)OC1COC2C1OCC2C(C)(C)C. The number of hydrogen-bond acceptors (Lipinski definition) is 5. The second-order valence-electron chi connectivity index (χ2n) is 7.48. The van der Waals surface area contributed by atoms with Crippen LogP contribution in [0.25, 0.3) is 0 Å². The topological polar surface area (TPSA) is 65.0 Å². The molecule has 0 spiro atoms. The Balaban J connectivity index is 2.04. The van der Waals surface area contributed by atoms with Crippen molar-refractivity contribution < 1.29 is 24.1 Å². The van der Waals surface area contributed by atoms with Crippen molar-refractivity contribution in [1.29, 1.82) is 0 Å². The normalized spacial score (nSPS) is 30.2. The van der Waals surface area contributed by atoms with E-state index in [4.69, 9.17) is 19.3 Å². The molecule has 2 aliphatic rings. The monoisotopic (exact) mass is 348 g/mol. The Bertz CT molecular complexity index is 594. The Morgan fingerprint density at radius 1 is 1.20 bits per heavy atom. The molecule has 0 aromatic carbocycles. The van der Waals surface area contributed by atoms with Gasteiger partial charge in [0.1, 0.15) is 11.9 Å². The van der Waals surface area contributed by atoms with Crippen LogP contribution in [0.4, 0.5) is 0 Å². The second-order valence-corrected chi connectivity index (χ2v) is 7.48. The largest absolute Gasteiger partial charge is 0.509 e. The first-order valence-corrected chi connectivity index (χ1v) is 8.57. The first-order valence-electron chi connectivity index (χ1n) is 8.57. The summed E-state index contributed by atoms with van der Waals surface area (Å²) in [6, 6.07) is 0. The predicted molar refractivity (Wildman–Crippen MR) is 96.1 cm³/mol. The molecule has 0 amide bonds. The van der Waals surface area contributed by atoms with Crippen LogP contribution in [0.15, 0.2) is 48.3 Å². The van der Waals surface area contributed by atoms with Gasteiger partial charge < -0.3 is 19.3 Å². The minimum atomic E-state index is -0.441. The average molecular weight is 348 g/mol. The van der Waals surface area contributed by atoms with Crippen LogP contribution in [0.2, 0.25) is 0 Å². The smallest absolute Gasteiger partial charge is 0.338 e. The number of aliphatic hydroxyl groups is 1. The maximum Gasteiger partial charge on any atom is 0.338 e. The van der Waals surface area contributed by atoms with Crippen molar-refractivity contribution in [2.75, 3.05) is 13.2 Å². The lowest BCUT2D eigenvalue weighted by Gasteiger charge is -2.29. The highest BCUT2D eigenvalue weighted by atomic mass is 16.6. The Kier molecular flexibility index (Phi) is 6.25. The van der Waals surface area contributed by atoms with Crippen LogP contribution in [0.3, 0.4) is 0 Å². The van der Waals surface area contributed by atoms with E-state index >= 15 is 0 Å². The van der Waals surface area contributed by atoms with Crippen molar-refractivity contribution in [3.8, 4) is 0 Å². The summed E-state index contributed by atoms with van der Waals surface area (Å²) in [5, 5.41) is 9.08. The van der Waals surface area contributed by atoms with Gasteiger partial charge in [0.05, 0.1) is 24.9 Å². The van der Waals surface area contributed by atoms with Crippen molar-refractivity contribution >= 4 is 5.97 Å². The fraction of sp³-hybridized carbons (Fsp3) is 0.550. The standard InChI is InChI=1S/C20H28O5/c1-6-8-14(10-7-9-13(2)21)19(22)25-16-12-24-17-15(20(3,4)5)11-23-18(16)17/h6-10,15-18,21H,2,11-12H2,1,3-5H3/b8-6-,9-7+,14-10+. The minimum absolute atomic E-state index is 0.0374. The molecule has 0 aromatic heterocycles. The van der Waals surface area contributed by atoms with Crippen molar-refractivity contribution in [3.05, 3.63) is 48.3 Å².